The fourth-order valence-electron chi connectivity index (χ4n) is 4.49. The van der Waals surface area contributed by atoms with E-state index in [1.165, 1.54) is 12.8 Å². The molecule has 0 amide bonds. The van der Waals surface area contributed by atoms with E-state index in [1.54, 1.807) is 0 Å². The number of hydrogen-bond acceptors (Lipinski definition) is 4. The van der Waals surface area contributed by atoms with Gasteiger partial charge >= 0.3 is 11.9 Å². The average molecular weight is 320 g/mol. The molecule has 3 aliphatic rings. The predicted octanol–water partition coefficient (Wildman–Crippen LogP) is 3.50. The fourth-order valence-corrected chi connectivity index (χ4v) is 4.49. The fraction of sp³-hybridized carbons (Fsp3) is 0.789. The number of cyclic esters (lactones) is 2. The van der Waals surface area contributed by atoms with Crippen molar-refractivity contribution in [2.24, 2.45) is 29.6 Å². The van der Waals surface area contributed by atoms with Crippen molar-refractivity contribution in [3.63, 3.8) is 0 Å². The van der Waals surface area contributed by atoms with E-state index in [4.69, 9.17) is 9.47 Å². The monoisotopic (exact) mass is 320 g/mol. The molecule has 1 heterocycles. The first-order valence-corrected chi connectivity index (χ1v) is 8.96. The minimum Gasteiger partial charge on any atom is -0.393 e. The van der Waals surface area contributed by atoms with Gasteiger partial charge in [0.15, 0.2) is 0 Å². The molecule has 0 N–H and O–H groups in total. The minimum absolute atomic E-state index is 0.161. The van der Waals surface area contributed by atoms with Crippen LogP contribution in [0.15, 0.2) is 11.6 Å². The number of carbonyl (C=O) groups is 2. The second kappa shape index (κ2) is 6.39. The van der Waals surface area contributed by atoms with Crippen LogP contribution in [-0.2, 0) is 19.1 Å². The van der Waals surface area contributed by atoms with Crippen LogP contribution in [0.4, 0.5) is 0 Å². The van der Waals surface area contributed by atoms with Crippen molar-refractivity contribution in [3.05, 3.63) is 11.6 Å². The van der Waals surface area contributed by atoms with Gasteiger partial charge in [0.05, 0.1) is 18.1 Å². The summed E-state index contributed by atoms with van der Waals surface area (Å²) in [4.78, 5) is 24.0. The van der Waals surface area contributed by atoms with Gasteiger partial charge in [0.1, 0.15) is 5.92 Å². The molecular weight excluding hydrogens is 292 g/mol. The molecule has 3 rings (SSSR count). The Morgan fingerprint density at radius 3 is 2.65 bits per heavy atom. The number of ether oxygens (including phenoxy) is 2. The Hall–Kier alpha value is -1.16. The topological polar surface area (TPSA) is 52.6 Å². The van der Waals surface area contributed by atoms with Gasteiger partial charge < -0.3 is 9.47 Å². The molecule has 0 aromatic rings. The first-order chi connectivity index (χ1) is 10.9. The van der Waals surface area contributed by atoms with Crippen LogP contribution < -0.4 is 0 Å². The third-order valence-corrected chi connectivity index (χ3v) is 5.96. The highest BCUT2D eigenvalue weighted by Gasteiger charge is 2.51. The summed E-state index contributed by atoms with van der Waals surface area (Å²) in [6.45, 7) is 8.77. The normalized spacial score (nSPS) is 40.8. The molecule has 1 saturated carbocycles. The number of esters is 2. The summed E-state index contributed by atoms with van der Waals surface area (Å²) in [5, 5.41) is 0. The van der Waals surface area contributed by atoms with Gasteiger partial charge in [0, 0.05) is 0 Å². The summed E-state index contributed by atoms with van der Waals surface area (Å²) in [6.07, 6.45) is 5.95. The molecule has 0 spiro atoms. The smallest absolute Gasteiger partial charge is 0.320 e. The molecule has 0 unspecified atom stereocenters. The highest BCUT2D eigenvalue weighted by molar-refractivity contribution is 5.97. The molecule has 1 saturated heterocycles. The van der Waals surface area contributed by atoms with Gasteiger partial charge in [-0.25, -0.2) is 0 Å². The van der Waals surface area contributed by atoms with Crippen molar-refractivity contribution in [2.45, 2.75) is 65.6 Å². The van der Waals surface area contributed by atoms with Gasteiger partial charge in [-0.05, 0) is 49.5 Å². The highest BCUT2D eigenvalue weighted by atomic mass is 16.6. The van der Waals surface area contributed by atoms with E-state index in [1.807, 2.05) is 13.0 Å². The highest BCUT2D eigenvalue weighted by Crippen LogP contribution is 2.42. The quantitative estimate of drug-likeness (QED) is 0.454. The van der Waals surface area contributed by atoms with Gasteiger partial charge in [0.25, 0.3) is 0 Å². The van der Waals surface area contributed by atoms with Crippen molar-refractivity contribution in [1.29, 1.82) is 0 Å². The second-order valence-electron chi connectivity index (χ2n) is 7.98. The molecule has 1 aliphatic heterocycles. The standard InChI is InChI=1S/C19H28O4/c1-10(2)13-7-5-11(3)9-15(13)22-17-12(4)6-8-14-16(17)19(21)23-18(14)20/h6,10-11,13-17H,5,7-9H2,1-4H3/t11-,13+,14-,15-,16-,17+/m1/s1. The maximum atomic E-state index is 12.1. The Kier molecular flexibility index (Phi) is 4.63. The summed E-state index contributed by atoms with van der Waals surface area (Å²) in [6, 6.07) is 0. The Labute approximate surface area is 138 Å². The van der Waals surface area contributed by atoms with Crippen LogP contribution in [0.1, 0.15) is 53.4 Å². The molecule has 6 atom stereocenters. The van der Waals surface area contributed by atoms with Crippen molar-refractivity contribution in [3.8, 4) is 0 Å². The summed E-state index contributed by atoms with van der Waals surface area (Å²) >= 11 is 0. The lowest BCUT2D eigenvalue weighted by molar-refractivity contribution is -0.155. The lowest BCUT2D eigenvalue weighted by atomic mass is 9.74. The number of rotatable bonds is 3. The van der Waals surface area contributed by atoms with Crippen LogP contribution in [0, 0.1) is 29.6 Å². The minimum atomic E-state index is -0.447. The van der Waals surface area contributed by atoms with Crippen molar-refractivity contribution in [2.75, 3.05) is 0 Å². The Morgan fingerprint density at radius 2 is 1.96 bits per heavy atom. The first kappa shape index (κ1) is 16.7. The lowest BCUT2D eigenvalue weighted by Crippen LogP contribution is -2.43. The molecule has 4 nitrogen and oxygen atoms in total. The van der Waals surface area contributed by atoms with Crippen LogP contribution in [0.3, 0.4) is 0 Å². The Balaban J connectivity index is 1.81. The van der Waals surface area contributed by atoms with E-state index < -0.39 is 11.9 Å². The maximum absolute atomic E-state index is 12.1. The van der Waals surface area contributed by atoms with Crippen LogP contribution in [0.5, 0.6) is 0 Å². The molecule has 23 heavy (non-hydrogen) atoms. The third kappa shape index (κ3) is 3.10. The van der Waals surface area contributed by atoms with Gasteiger partial charge in [-0.1, -0.05) is 33.3 Å². The molecule has 0 aromatic heterocycles. The number of carbonyl (C=O) groups excluding carboxylic acids is 2. The van der Waals surface area contributed by atoms with E-state index in [-0.39, 0.29) is 24.1 Å². The zero-order chi connectivity index (χ0) is 16.7. The molecular formula is C19H28O4. The molecule has 0 aromatic carbocycles. The summed E-state index contributed by atoms with van der Waals surface area (Å²) in [5.41, 5.74) is 1.07. The van der Waals surface area contributed by atoms with Crippen LogP contribution >= 0.6 is 0 Å². The van der Waals surface area contributed by atoms with E-state index in [0.29, 0.717) is 24.2 Å². The van der Waals surface area contributed by atoms with Crippen molar-refractivity contribution in [1.82, 2.24) is 0 Å². The molecule has 0 radical (unpaired) electrons. The molecule has 4 heteroatoms. The van der Waals surface area contributed by atoms with Crippen LogP contribution in [-0.4, -0.2) is 24.1 Å². The molecule has 2 aliphatic carbocycles. The van der Waals surface area contributed by atoms with Crippen molar-refractivity contribution < 1.29 is 19.1 Å². The summed E-state index contributed by atoms with van der Waals surface area (Å²) < 4.78 is 11.4. The average Bonchev–Trinajstić information content (AvgIpc) is 2.76. The van der Waals surface area contributed by atoms with Gasteiger partial charge in [-0.2, -0.15) is 0 Å². The van der Waals surface area contributed by atoms with Gasteiger partial charge in [-0.15, -0.1) is 0 Å². The van der Waals surface area contributed by atoms with Gasteiger partial charge in [0.2, 0.25) is 0 Å². The molecule has 0 bridgehead atoms. The van der Waals surface area contributed by atoms with Crippen LogP contribution in [0.25, 0.3) is 0 Å². The van der Waals surface area contributed by atoms with E-state index in [0.717, 1.165) is 12.0 Å². The van der Waals surface area contributed by atoms with Crippen LogP contribution in [0.2, 0.25) is 0 Å². The number of hydrogen-bond donors (Lipinski definition) is 0. The largest absolute Gasteiger partial charge is 0.393 e. The molecule has 128 valence electrons. The van der Waals surface area contributed by atoms with Crippen molar-refractivity contribution >= 4 is 11.9 Å². The molecule has 2 fully saturated rings. The zero-order valence-corrected chi connectivity index (χ0v) is 14.6. The summed E-state index contributed by atoms with van der Waals surface area (Å²) in [7, 11) is 0. The second-order valence-corrected chi connectivity index (χ2v) is 7.98. The lowest BCUT2D eigenvalue weighted by Gasteiger charge is -2.41. The Morgan fingerprint density at radius 1 is 1.22 bits per heavy atom. The number of allylic oxidation sites excluding steroid dienone is 1. The van der Waals surface area contributed by atoms with E-state index in [9.17, 15) is 9.59 Å². The zero-order valence-electron chi connectivity index (χ0n) is 14.6. The number of fused-ring (bicyclic) bond motifs is 1. The van der Waals surface area contributed by atoms with Gasteiger partial charge in [-0.3, -0.25) is 9.59 Å². The maximum Gasteiger partial charge on any atom is 0.320 e. The van der Waals surface area contributed by atoms with E-state index in [2.05, 4.69) is 20.8 Å². The third-order valence-electron chi connectivity index (χ3n) is 5.96. The Bertz CT molecular complexity index is 521. The summed E-state index contributed by atoms with van der Waals surface area (Å²) in [5.74, 6) is 0.154. The predicted molar refractivity (Wildman–Crippen MR) is 86.5 cm³/mol. The van der Waals surface area contributed by atoms with E-state index >= 15 is 0 Å². The SMILES string of the molecule is CC1=CC[C@H]2C(=O)OC(=O)[C@H]2[C@H]1O[C@@H]1C[C@H](C)CC[C@H]1C(C)C. The first-order valence-electron chi connectivity index (χ1n) is 8.96.